The highest BCUT2D eigenvalue weighted by Crippen LogP contribution is 2.35. The SMILES string of the molecule is CC(=O)c1cccc(Sc2ccc(S(N)(=O)=O)s2)c1. The molecule has 0 fully saturated rings. The summed E-state index contributed by atoms with van der Waals surface area (Å²) < 4.78 is 23.3. The standard InChI is InChI=1S/C12H11NO3S3/c1-8(14)9-3-2-4-10(7-9)17-11-5-6-12(18-11)19(13,15)16/h2-7H,1H3,(H2,13,15,16). The molecule has 0 spiro atoms. The predicted molar refractivity (Wildman–Crippen MR) is 76.3 cm³/mol. The van der Waals surface area contributed by atoms with Crippen LogP contribution in [0.15, 0.2) is 49.7 Å². The van der Waals surface area contributed by atoms with Crippen molar-refractivity contribution in [2.24, 2.45) is 5.14 Å². The molecule has 2 N–H and O–H groups in total. The number of rotatable bonds is 4. The third-order valence-electron chi connectivity index (χ3n) is 2.30. The molecular weight excluding hydrogens is 302 g/mol. The number of nitrogens with two attached hydrogens (primary N) is 1. The number of benzene rings is 1. The van der Waals surface area contributed by atoms with Crippen LogP contribution in [0.25, 0.3) is 0 Å². The van der Waals surface area contributed by atoms with Crippen molar-refractivity contribution in [1.82, 2.24) is 0 Å². The third-order valence-corrected chi connectivity index (χ3v) is 5.94. The van der Waals surface area contributed by atoms with Crippen molar-refractivity contribution in [2.45, 2.75) is 20.2 Å². The number of thiophene rings is 1. The van der Waals surface area contributed by atoms with E-state index < -0.39 is 10.0 Å². The van der Waals surface area contributed by atoms with E-state index in [2.05, 4.69) is 0 Å². The van der Waals surface area contributed by atoms with Crippen molar-refractivity contribution in [2.75, 3.05) is 0 Å². The van der Waals surface area contributed by atoms with Crippen LogP contribution in [-0.4, -0.2) is 14.2 Å². The van der Waals surface area contributed by atoms with E-state index in [4.69, 9.17) is 5.14 Å². The fourth-order valence-corrected chi connectivity index (χ4v) is 4.45. The summed E-state index contributed by atoms with van der Waals surface area (Å²) in [6, 6.07) is 10.4. The Labute approximate surface area is 119 Å². The minimum Gasteiger partial charge on any atom is -0.295 e. The van der Waals surface area contributed by atoms with Gasteiger partial charge in [-0.2, -0.15) is 0 Å². The number of primary sulfonamides is 1. The summed E-state index contributed by atoms with van der Waals surface area (Å²) >= 11 is 2.52. The van der Waals surface area contributed by atoms with Crippen molar-refractivity contribution < 1.29 is 13.2 Å². The lowest BCUT2D eigenvalue weighted by atomic mass is 10.2. The van der Waals surface area contributed by atoms with Crippen LogP contribution in [-0.2, 0) is 10.0 Å². The molecule has 1 aromatic heterocycles. The van der Waals surface area contributed by atoms with Crippen LogP contribution < -0.4 is 5.14 Å². The number of sulfonamides is 1. The number of carbonyl (C=O) groups excluding carboxylic acids is 1. The molecule has 100 valence electrons. The lowest BCUT2D eigenvalue weighted by Crippen LogP contribution is -2.09. The number of carbonyl (C=O) groups is 1. The van der Waals surface area contributed by atoms with Crippen molar-refractivity contribution >= 4 is 38.9 Å². The largest absolute Gasteiger partial charge is 0.295 e. The maximum Gasteiger partial charge on any atom is 0.247 e. The van der Waals surface area contributed by atoms with Gasteiger partial charge in [0.25, 0.3) is 0 Å². The Kier molecular flexibility index (Phi) is 4.10. The Balaban J connectivity index is 2.24. The highest BCUT2D eigenvalue weighted by Gasteiger charge is 2.12. The van der Waals surface area contributed by atoms with Crippen molar-refractivity contribution in [3.63, 3.8) is 0 Å². The third kappa shape index (κ3) is 3.66. The second kappa shape index (κ2) is 5.46. The Morgan fingerprint density at radius 1 is 1.26 bits per heavy atom. The molecule has 0 aliphatic carbocycles. The van der Waals surface area contributed by atoms with Crippen molar-refractivity contribution in [3.05, 3.63) is 42.0 Å². The molecule has 7 heteroatoms. The number of hydrogen-bond donors (Lipinski definition) is 1. The Morgan fingerprint density at radius 3 is 2.58 bits per heavy atom. The van der Waals surface area contributed by atoms with Gasteiger partial charge in [0.2, 0.25) is 10.0 Å². The first-order valence-corrected chi connectivity index (χ1v) is 8.46. The maximum atomic E-state index is 11.3. The van der Waals surface area contributed by atoms with Crippen LogP contribution >= 0.6 is 23.1 Å². The van der Waals surface area contributed by atoms with Crippen molar-refractivity contribution in [3.8, 4) is 0 Å². The molecule has 19 heavy (non-hydrogen) atoms. The van der Waals surface area contributed by atoms with Gasteiger partial charge >= 0.3 is 0 Å². The normalized spacial score (nSPS) is 11.5. The van der Waals surface area contributed by atoms with E-state index in [-0.39, 0.29) is 9.99 Å². The zero-order chi connectivity index (χ0) is 14.0. The second-order valence-electron chi connectivity index (χ2n) is 3.80. The first kappa shape index (κ1) is 14.3. The average molecular weight is 313 g/mol. The number of ketones is 1. The van der Waals surface area contributed by atoms with E-state index in [1.165, 1.54) is 24.8 Å². The van der Waals surface area contributed by atoms with Crippen LogP contribution in [0.4, 0.5) is 0 Å². The van der Waals surface area contributed by atoms with E-state index in [0.717, 1.165) is 20.4 Å². The molecule has 2 aromatic rings. The zero-order valence-electron chi connectivity index (χ0n) is 9.99. The molecule has 0 unspecified atom stereocenters. The van der Waals surface area contributed by atoms with Gasteiger partial charge in [-0.15, -0.1) is 11.3 Å². The van der Waals surface area contributed by atoms with Gasteiger partial charge < -0.3 is 0 Å². The summed E-state index contributed by atoms with van der Waals surface area (Å²) in [5.41, 5.74) is 0.633. The van der Waals surface area contributed by atoms with Gasteiger partial charge in [-0.1, -0.05) is 23.9 Å². The Hall–Kier alpha value is -1.15. The van der Waals surface area contributed by atoms with Gasteiger partial charge in [-0.05, 0) is 31.2 Å². The van der Waals surface area contributed by atoms with Crippen LogP contribution in [0.3, 0.4) is 0 Å². The molecule has 0 aliphatic heterocycles. The summed E-state index contributed by atoms with van der Waals surface area (Å²) in [6.07, 6.45) is 0. The van der Waals surface area contributed by atoms with Crippen LogP contribution in [0, 0.1) is 0 Å². The van der Waals surface area contributed by atoms with Gasteiger partial charge in [0.15, 0.2) is 5.78 Å². The molecule has 0 atom stereocenters. The van der Waals surface area contributed by atoms with Crippen LogP contribution in [0.2, 0.25) is 0 Å². The van der Waals surface area contributed by atoms with Gasteiger partial charge in [0, 0.05) is 10.5 Å². The quantitative estimate of drug-likeness (QED) is 0.880. The maximum absolute atomic E-state index is 11.3. The first-order valence-electron chi connectivity index (χ1n) is 5.28. The summed E-state index contributed by atoms with van der Waals surface area (Å²) in [4.78, 5) is 12.2. The highest BCUT2D eigenvalue weighted by atomic mass is 32.3. The zero-order valence-corrected chi connectivity index (χ0v) is 12.4. The highest BCUT2D eigenvalue weighted by molar-refractivity contribution is 8.01. The molecule has 4 nitrogen and oxygen atoms in total. The minimum absolute atomic E-state index is 0.00106. The lowest BCUT2D eigenvalue weighted by molar-refractivity contribution is 0.101. The topological polar surface area (TPSA) is 77.2 Å². The molecule has 1 heterocycles. The number of hydrogen-bond acceptors (Lipinski definition) is 5. The molecular formula is C12H11NO3S3. The van der Waals surface area contributed by atoms with Gasteiger partial charge in [-0.3, -0.25) is 4.79 Å². The van der Waals surface area contributed by atoms with E-state index in [9.17, 15) is 13.2 Å². The number of Topliss-reactive ketones (excluding diaryl/α,β-unsaturated/α-hetero) is 1. The lowest BCUT2D eigenvalue weighted by Gasteiger charge is -2.00. The first-order chi connectivity index (χ1) is 8.86. The predicted octanol–water partition coefficient (Wildman–Crippen LogP) is 2.75. The van der Waals surface area contributed by atoms with E-state index in [0.29, 0.717) is 5.56 Å². The molecule has 0 bridgehead atoms. The fourth-order valence-electron chi connectivity index (χ4n) is 1.41. The summed E-state index contributed by atoms with van der Waals surface area (Å²) in [6.45, 7) is 1.51. The Morgan fingerprint density at radius 2 is 2.00 bits per heavy atom. The monoisotopic (exact) mass is 313 g/mol. The molecule has 2 rings (SSSR count). The summed E-state index contributed by atoms with van der Waals surface area (Å²) in [5.74, 6) is -0.00106. The summed E-state index contributed by atoms with van der Waals surface area (Å²) in [5, 5.41) is 5.06. The van der Waals surface area contributed by atoms with E-state index >= 15 is 0 Å². The van der Waals surface area contributed by atoms with Gasteiger partial charge in [-0.25, -0.2) is 13.6 Å². The van der Waals surface area contributed by atoms with E-state index in [1.807, 2.05) is 6.07 Å². The minimum atomic E-state index is -3.64. The molecule has 0 aliphatic rings. The second-order valence-corrected chi connectivity index (χ2v) is 8.05. The molecule has 0 saturated heterocycles. The molecule has 0 saturated carbocycles. The Bertz CT molecular complexity index is 719. The average Bonchev–Trinajstić information content (AvgIpc) is 2.77. The molecule has 0 amide bonds. The van der Waals surface area contributed by atoms with E-state index in [1.54, 1.807) is 24.3 Å². The smallest absolute Gasteiger partial charge is 0.247 e. The van der Waals surface area contributed by atoms with Gasteiger partial charge in [0.1, 0.15) is 4.21 Å². The summed E-state index contributed by atoms with van der Waals surface area (Å²) in [7, 11) is -3.64. The van der Waals surface area contributed by atoms with Gasteiger partial charge in [0.05, 0.1) is 4.21 Å². The molecule has 1 aromatic carbocycles. The van der Waals surface area contributed by atoms with Crippen molar-refractivity contribution in [1.29, 1.82) is 0 Å². The fraction of sp³-hybridized carbons (Fsp3) is 0.0833. The van der Waals surface area contributed by atoms with Crippen LogP contribution in [0.1, 0.15) is 17.3 Å². The molecule has 0 radical (unpaired) electrons. The van der Waals surface area contributed by atoms with Crippen LogP contribution in [0.5, 0.6) is 0 Å².